The predicted octanol–water partition coefficient (Wildman–Crippen LogP) is 2.11. The van der Waals surface area contributed by atoms with E-state index in [2.05, 4.69) is 90.1 Å². The maximum atomic E-state index is 9.40. The first-order valence-electron chi connectivity index (χ1n) is 8.71. The summed E-state index contributed by atoms with van der Waals surface area (Å²) in [4.78, 5) is 0. The van der Waals surface area contributed by atoms with Gasteiger partial charge in [-0.2, -0.15) is 0 Å². The van der Waals surface area contributed by atoms with Crippen LogP contribution in [0.4, 0.5) is 0 Å². The normalized spacial score (nSPS) is 12.5. The van der Waals surface area contributed by atoms with Crippen LogP contribution in [-0.4, -0.2) is 37.5 Å². The third kappa shape index (κ3) is 5.58. The molecular formula is C20H29BO3Sn. The molecule has 0 spiro atoms. The molecule has 25 heavy (non-hydrogen) atoms. The first-order valence-corrected chi connectivity index (χ1v) is 13.3. The maximum absolute atomic E-state index is 9.40. The van der Waals surface area contributed by atoms with Gasteiger partial charge in [-0.05, 0) is 0 Å². The van der Waals surface area contributed by atoms with Gasteiger partial charge in [-0.15, -0.1) is 0 Å². The van der Waals surface area contributed by atoms with E-state index in [9.17, 15) is 10.0 Å². The molecule has 2 N–H and O–H groups in total. The average Bonchev–Trinajstić information content (AvgIpc) is 2.51. The molecule has 5 heteroatoms. The van der Waals surface area contributed by atoms with Crippen LogP contribution in [-0.2, 0) is 13.8 Å². The molecule has 0 aliphatic carbocycles. The van der Waals surface area contributed by atoms with Gasteiger partial charge in [0.1, 0.15) is 0 Å². The van der Waals surface area contributed by atoms with Gasteiger partial charge in [-0.25, -0.2) is 0 Å². The topological polar surface area (TPSA) is 49.7 Å². The van der Waals surface area contributed by atoms with Crippen molar-refractivity contribution in [2.45, 2.75) is 52.4 Å². The van der Waals surface area contributed by atoms with E-state index in [1.54, 1.807) is 0 Å². The zero-order valence-electron chi connectivity index (χ0n) is 16.1. The molecule has 2 rings (SSSR count). The summed E-state index contributed by atoms with van der Waals surface area (Å²) in [7, 11) is -1.73. The Labute approximate surface area is 159 Å². The van der Waals surface area contributed by atoms with Gasteiger partial charge in [-0.3, -0.25) is 0 Å². The van der Waals surface area contributed by atoms with E-state index < -0.39 is 27.5 Å². The van der Waals surface area contributed by atoms with Gasteiger partial charge < -0.3 is 0 Å². The molecule has 0 atom stereocenters. The summed E-state index contributed by atoms with van der Waals surface area (Å²) in [6.07, 6.45) is 0. The Morgan fingerprint density at radius 2 is 1.00 bits per heavy atom. The Hall–Kier alpha value is -0.816. The van der Waals surface area contributed by atoms with Crippen molar-refractivity contribution in [3.05, 3.63) is 59.7 Å². The number of hydrogen-bond acceptors (Lipinski definition) is 3. The molecule has 134 valence electrons. The minimum absolute atomic E-state index is 0.0925. The SMILES string of the molecule is CC(C)(C)c1cc[c]([SnH]([O]B(O)O)[c]2ccc(C(C)(C)C)cc2)cc1. The Morgan fingerprint density at radius 3 is 1.24 bits per heavy atom. The zero-order valence-corrected chi connectivity index (χ0v) is 19.4. The molecule has 0 aliphatic rings. The molecule has 0 heterocycles. The van der Waals surface area contributed by atoms with Crippen molar-refractivity contribution in [3.8, 4) is 0 Å². The summed E-state index contributed by atoms with van der Waals surface area (Å²) in [6, 6.07) is 16.8. The van der Waals surface area contributed by atoms with Gasteiger partial charge in [0.05, 0.1) is 0 Å². The molecule has 2 aromatic rings. The number of hydrogen-bond donors (Lipinski definition) is 2. The average molecular weight is 447 g/mol. The molecule has 0 bridgehead atoms. The molecular weight excluding hydrogens is 418 g/mol. The molecule has 0 amide bonds. The van der Waals surface area contributed by atoms with Crippen LogP contribution in [0.5, 0.6) is 0 Å². The predicted molar refractivity (Wildman–Crippen MR) is 108 cm³/mol. The fraction of sp³-hybridized carbons (Fsp3) is 0.400. The summed E-state index contributed by atoms with van der Waals surface area (Å²) in [5.41, 5.74) is 2.70. The van der Waals surface area contributed by atoms with E-state index in [4.69, 9.17) is 2.99 Å². The van der Waals surface area contributed by atoms with Crippen LogP contribution in [0.2, 0.25) is 0 Å². The molecule has 0 saturated heterocycles. The van der Waals surface area contributed by atoms with Crippen LogP contribution < -0.4 is 7.16 Å². The van der Waals surface area contributed by atoms with Crippen LogP contribution in [0.15, 0.2) is 48.5 Å². The van der Waals surface area contributed by atoms with E-state index in [-0.39, 0.29) is 10.8 Å². The standard InChI is InChI=1S/2C10H13.BH2O3.Sn.H/c2*1-10(2,3)9-7-5-4-6-8-9;2-1(3)4;;/h2*5-8H,1-3H3;2-3H;;/q;;-1;+1;. The molecule has 0 unspecified atom stereocenters. The van der Waals surface area contributed by atoms with Crippen molar-refractivity contribution in [2.24, 2.45) is 0 Å². The van der Waals surface area contributed by atoms with Gasteiger partial charge in [0, 0.05) is 0 Å². The van der Waals surface area contributed by atoms with E-state index in [1.807, 2.05) is 0 Å². The molecule has 0 aromatic heterocycles. The first kappa shape index (κ1) is 20.5. The van der Waals surface area contributed by atoms with Crippen LogP contribution in [0.25, 0.3) is 0 Å². The Kier molecular flexibility index (Phi) is 6.42. The summed E-state index contributed by atoms with van der Waals surface area (Å²) < 4.78 is 7.80. The van der Waals surface area contributed by atoms with Crippen molar-refractivity contribution >= 4 is 34.7 Å². The summed E-state index contributed by atoms with van der Waals surface area (Å²) >= 11 is -2.99. The molecule has 0 aliphatic heterocycles. The van der Waals surface area contributed by atoms with E-state index >= 15 is 0 Å². The Bertz CT molecular complexity index is 625. The molecule has 0 fully saturated rings. The van der Waals surface area contributed by atoms with Crippen molar-refractivity contribution in [1.82, 2.24) is 0 Å². The van der Waals surface area contributed by atoms with Gasteiger partial charge in [0.2, 0.25) is 0 Å². The van der Waals surface area contributed by atoms with Gasteiger partial charge in [-0.1, -0.05) is 0 Å². The molecule has 3 nitrogen and oxygen atoms in total. The number of rotatable bonds is 4. The molecule has 2 aromatic carbocycles. The second kappa shape index (κ2) is 7.83. The van der Waals surface area contributed by atoms with Gasteiger partial charge in [0.15, 0.2) is 0 Å². The van der Waals surface area contributed by atoms with Crippen LogP contribution in [0.3, 0.4) is 0 Å². The Morgan fingerprint density at radius 1 is 0.680 bits per heavy atom. The van der Waals surface area contributed by atoms with Crippen LogP contribution >= 0.6 is 0 Å². The van der Waals surface area contributed by atoms with Crippen LogP contribution in [0, 0.1) is 0 Å². The molecule has 0 saturated carbocycles. The summed E-state index contributed by atoms with van der Waals surface area (Å²) in [6.45, 7) is 13.1. The van der Waals surface area contributed by atoms with Crippen molar-refractivity contribution in [1.29, 1.82) is 0 Å². The van der Waals surface area contributed by atoms with Crippen molar-refractivity contribution in [2.75, 3.05) is 0 Å². The first-order chi connectivity index (χ1) is 11.5. The molecule has 0 radical (unpaired) electrons. The number of benzene rings is 2. The fourth-order valence-corrected chi connectivity index (χ4v) is 8.57. The third-order valence-corrected chi connectivity index (χ3v) is 11.5. The fourth-order valence-electron chi connectivity index (χ4n) is 2.79. The van der Waals surface area contributed by atoms with Gasteiger partial charge in [0.25, 0.3) is 0 Å². The summed E-state index contributed by atoms with van der Waals surface area (Å²) in [5.74, 6) is 0. The van der Waals surface area contributed by atoms with Crippen LogP contribution in [0.1, 0.15) is 52.7 Å². The third-order valence-electron chi connectivity index (χ3n) is 4.42. The van der Waals surface area contributed by atoms with Crippen molar-refractivity contribution in [3.63, 3.8) is 0 Å². The second-order valence-electron chi connectivity index (χ2n) is 8.59. The van der Waals surface area contributed by atoms with Crippen molar-refractivity contribution < 1.29 is 13.0 Å². The Balaban J connectivity index is 2.36. The monoisotopic (exact) mass is 448 g/mol. The minimum atomic E-state index is -2.99. The summed E-state index contributed by atoms with van der Waals surface area (Å²) in [5, 5.41) is 18.8. The van der Waals surface area contributed by atoms with E-state index in [0.29, 0.717) is 0 Å². The quantitative estimate of drug-likeness (QED) is 0.707. The van der Waals surface area contributed by atoms with E-state index in [0.717, 1.165) is 7.16 Å². The van der Waals surface area contributed by atoms with E-state index in [1.165, 1.54) is 11.1 Å². The second-order valence-corrected chi connectivity index (χ2v) is 15.3. The van der Waals surface area contributed by atoms with Gasteiger partial charge >= 0.3 is 160 Å². The zero-order chi connectivity index (χ0) is 18.8.